The van der Waals surface area contributed by atoms with E-state index in [-0.39, 0.29) is 27.6 Å². The van der Waals surface area contributed by atoms with Crippen molar-refractivity contribution in [1.82, 2.24) is 0 Å². The lowest BCUT2D eigenvalue weighted by Crippen LogP contribution is -2.42. The molecule has 0 saturated carbocycles. The van der Waals surface area contributed by atoms with Crippen molar-refractivity contribution in [3.63, 3.8) is 0 Å². The van der Waals surface area contributed by atoms with Gasteiger partial charge in [0, 0.05) is 0 Å². The van der Waals surface area contributed by atoms with Gasteiger partial charge < -0.3 is 15.2 Å². The molecule has 0 aliphatic carbocycles. The van der Waals surface area contributed by atoms with Crippen LogP contribution in [0.4, 0.5) is 5.82 Å². The number of aromatic nitrogens is 2. The molecule has 3 aromatic rings. The highest BCUT2D eigenvalue weighted by Gasteiger charge is 2.26. The Morgan fingerprint density at radius 3 is 2.35 bits per heavy atom. The summed E-state index contributed by atoms with van der Waals surface area (Å²) in [5.41, 5.74) is 6.53. The zero-order chi connectivity index (χ0) is 16.7. The number of rotatable bonds is 2. The molecular formula is C15H11Cl2N3O3. The van der Waals surface area contributed by atoms with Crippen LogP contribution >= 0.6 is 23.2 Å². The van der Waals surface area contributed by atoms with Crippen LogP contribution in [-0.2, 0) is 0 Å². The molecule has 0 unspecified atom stereocenters. The standard InChI is InChI=1S/C15H11Cl2N3O3/c1-23-9-3-5-12-13(7-9)19(21)14(15(18)20(12)22)8-2-4-10(16)11(17)6-8/h2-7H,18H2,1H3. The minimum Gasteiger partial charge on any atom is -0.710 e. The first-order valence-electron chi connectivity index (χ1n) is 6.51. The van der Waals surface area contributed by atoms with Gasteiger partial charge in [-0.25, -0.2) is 4.73 Å². The Morgan fingerprint density at radius 2 is 1.70 bits per heavy atom. The first-order chi connectivity index (χ1) is 10.9. The van der Waals surface area contributed by atoms with Gasteiger partial charge in [0.1, 0.15) is 5.75 Å². The minimum absolute atomic E-state index is 0.000630. The van der Waals surface area contributed by atoms with Gasteiger partial charge in [0.05, 0.1) is 28.8 Å². The smallest absolute Gasteiger partial charge is 0.351 e. The molecule has 118 valence electrons. The second-order valence-electron chi connectivity index (χ2n) is 4.81. The summed E-state index contributed by atoms with van der Waals surface area (Å²) in [6.07, 6.45) is 0. The third-order valence-corrected chi connectivity index (χ3v) is 4.22. The average Bonchev–Trinajstić information content (AvgIpc) is 2.55. The summed E-state index contributed by atoms with van der Waals surface area (Å²) in [6.45, 7) is 0. The fourth-order valence-corrected chi connectivity index (χ4v) is 2.62. The number of nitrogens with two attached hydrogens (primary N) is 1. The largest absolute Gasteiger partial charge is 0.710 e. The number of hydrogen-bond acceptors (Lipinski definition) is 4. The lowest BCUT2D eigenvalue weighted by atomic mass is 10.1. The summed E-state index contributed by atoms with van der Waals surface area (Å²) in [5, 5.41) is 25.7. The van der Waals surface area contributed by atoms with Gasteiger partial charge in [-0.1, -0.05) is 23.2 Å². The van der Waals surface area contributed by atoms with Crippen LogP contribution in [-0.4, -0.2) is 7.11 Å². The third kappa shape index (κ3) is 2.46. The van der Waals surface area contributed by atoms with Gasteiger partial charge >= 0.3 is 11.5 Å². The normalized spacial score (nSPS) is 10.9. The number of methoxy groups -OCH3 is 1. The van der Waals surface area contributed by atoms with Crippen LogP contribution < -0.4 is 19.9 Å². The van der Waals surface area contributed by atoms with Crippen LogP contribution in [0.3, 0.4) is 0 Å². The predicted octanol–water partition coefficient (Wildman–Crippen LogP) is 2.67. The van der Waals surface area contributed by atoms with E-state index in [9.17, 15) is 10.4 Å². The van der Waals surface area contributed by atoms with E-state index in [2.05, 4.69) is 0 Å². The lowest BCUT2D eigenvalue weighted by Gasteiger charge is -2.14. The summed E-state index contributed by atoms with van der Waals surface area (Å²) in [6, 6.07) is 9.11. The predicted molar refractivity (Wildman–Crippen MR) is 88.3 cm³/mol. The Bertz CT molecular complexity index is 932. The Morgan fingerprint density at radius 1 is 0.957 bits per heavy atom. The van der Waals surface area contributed by atoms with Crippen molar-refractivity contribution >= 4 is 40.1 Å². The summed E-state index contributed by atoms with van der Waals surface area (Å²) in [7, 11) is 1.47. The van der Waals surface area contributed by atoms with E-state index in [1.54, 1.807) is 12.1 Å². The van der Waals surface area contributed by atoms with Gasteiger partial charge in [0.15, 0.2) is 0 Å². The van der Waals surface area contributed by atoms with Gasteiger partial charge in [0.2, 0.25) is 5.52 Å². The molecule has 0 saturated heterocycles. The SMILES string of the molecule is COc1ccc2c(c1)[n+]([O-])c(-c1ccc(Cl)c(Cl)c1)c(N)[n+]2[O-]. The summed E-state index contributed by atoms with van der Waals surface area (Å²) < 4.78 is 6.18. The van der Waals surface area contributed by atoms with Crippen molar-refractivity contribution in [3.05, 3.63) is 56.9 Å². The van der Waals surface area contributed by atoms with E-state index in [1.807, 2.05) is 0 Å². The second kappa shape index (κ2) is 5.64. The van der Waals surface area contributed by atoms with Crippen LogP contribution in [0.25, 0.3) is 22.3 Å². The van der Waals surface area contributed by atoms with Gasteiger partial charge in [-0.2, -0.15) is 4.73 Å². The zero-order valence-corrected chi connectivity index (χ0v) is 13.4. The number of nitrogens with zero attached hydrogens (tertiary/aromatic N) is 2. The molecule has 23 heavy (non-hydrogen) atoms. The van der Waals surface area contributed by atoms with Crippen molar-refractivity contribution < 1.29 is 14.2 Å². The molecule has 0 bridgehead atoms. The molecule has 8 heteroatoms. The number of benzene rings is 2. The second-order valence-corrected chi connectivity index (χ2v) is 5.62. The van der Waals surface area contributed by atoms with E-state index in [1.165, 1.54) is 31.4 Å². The molecule has 2 aromatic carbocycles. The minimum atomic E-state index is -0.226. The van der Waals surface area contributed by atoms with Crippen LogP contribution in [0, 0.1) is 10.4 Å². The summed E-state index contributed by atoms with van der Waals surface area (Å²) >= 11 is 11.9. The lowest BCUT2D eigenvalue weighted by molar-refractivity contribution is -0.609. The molecule has 2 N–H and O–H groups in total. The number of anilines is 1. The number of fused-ring (bicyclic) bond motifs is 1. The van der Waals surface area contributed by atoms with Crippen LogP contribution in [0.5, 0.6) is 5.75 Å². The van der Waals surface area contributed by atoms with E-state index in [0.29, 0.717) is 25.8 Å². The summed E-state index contributed by atoms with van der Waals surface area (Å²) in [5.74, 6) is 0.225. The van der Waals surface area contributed by atoms with Crippen molar-refractivity contribution in [1.29, 1.82) is 0 Å². The number of halogens is 2. The fourth-order valence-electron chi connectivity index (χ4n) is 2.32. The molecule has 6 nitrogen and oxygen atoms in total. The van der Waals surface area contributed by atoms with Gasteiger partial charge in [-0.3, -0.25) is 5.73 Å². The highest BCUT2D eigenvalue weighted by molar-refractivity contribution is 6.42. The van der Waals surface area contributed by atoms with E-state index >= 15 is 0 Å². The quantitative estimate of drug-likeness (QED) is 0.567. The maximum absolute atomic E-state index is 12.7. The van der Waals surface area contributed by atoms with E-state index < -0.39 is 0 Å². The number of hydrogen-bond donors (Lipinski definition) is 1. The van der Waals surface area contributed by atoms with Crippen molar-refractivity contribution in [2.24, 2.45) is 0 Å². The molecule has 0 spiro atoms. The van der Waals surface area contributed by atoms with Gasteiger partial charge in [0.25, 0.3) is 5.52 Å². The Labute approximate surface area is 141 Å². The molecule has 0 aliphatic rings. The first-order valence-corrected chi connectivity index (χ1v) is 7.27. The van der Waals surface area contributed by atoms with Crippen LogP contribution in [0.1, 0.15) is 0 Å². The highest BCUT2D eigenvalue weighted by atomic mass is 35.5. The molecule has 0 aliphatic heterocycles. The topological polar surface area (TPSA) is 89.1 Å². The van der Waals surface area contributed by atoms with E-state index in [4.69, 9.17) is 33.7 Å². The molecule has 0 radical (unpaired) electrons. The molecule has 0 amide bonds. The maximum Gasteiger partial charge on any atom is 0.351 e. The average molecular weight is 352 g/mol. The summed E-state index contributed by atoms with van der Waals surface area (Å²) in [4.78, 5) is 0. The third-order valence-electron chi connectivity index (χ3n) is 3.48. The monoisotopic (exact) mass is 351 g/mol. The molecule has 0 fully saturated rings. The molecule has 1 aromatic heterocycles. The Kier molecular flexibility index (Phi) is 3.79. The van der Waals surface area contributed by atoms with Gasteiger partial charge in [-0.05, 0) is 30.3 Å². The first kappa shape index (κ1) is 15.5. The van der Waals surface area contributed by atoms with E-state index in [0.717, 1.165) is 0 Å². The van der Waals surface area contributed by atoms with Crippen molar-refractivity contribution in [2.75, 3.05) is 12.8 Å². The molecular weight excluding hydrogens is 341 g/mol. The number of ether oxygens (including phenoxy) is 1. The molecule has 1 heterocycles. The molecule has 0 atom stereocenters. The number of nitrogen functional groups attached to an aromatic ring is 1. The zero-order valence-electron chi connectivity index (χ0n) is 11.9. The highest BCUT2D eigenvalue weighted by Crippen LogP contribution is 2.29. The maximum atomic E-state index is 12.7. The Hall–Kier alpha value is -2.44. The molecule has 3 rings (SSSR count). The van der Waals surface area contributed by atoms with Crippen LogP contribution in [0.2, 0.25) is 10.0 Å². The fraction of sp³-hybridized carbons (Fsp3) is 0.0667. The Balaban J connectivity index is 2.38. The van der Waals surface area contributed by atoms with Crippen molar-refractivity contribution in [2.45, 2.75) is 0 Å². The van der Waals surface area contributed by atoms with Crippen LogP contribution in [0.15, 0.2) is 36.4 Å². The van der Waals surface area contributed by atoms with Gasteiger partial charge in [-0.15, -0.1) is 0 Å². The van der Waals surface area contributed by atoms with Crippen molar-refractivity contribution in [3.8, 4) is 17.0 Å².